The van der Waals surface area contributed by atoms with Crippen LogP contribution in [0.5, 0.6) is 0 Å². The fourth-order valence-corrected chi connectivity index (χ4v) is 6.62. The van der Waals surface area contributed by atoms with E-state index >= 15 is 0 Å². The first kappa shape index (κ1) is 18.5. The van der Waals surface area contributed by atoms with Crippen LogP contribution in [0.3, 0.4) is 0 Å². The molecule has 2 aliphatic rings. The average molecular weight is 434 g/mol. The zero-order valence-corrected chi connectivity index (χ0v) is 19.3. The van der Waals surface area contributed by atoms with E-state index in [1.54, 1.807) is 0 Å². The Morgan fingerprint density at radius 3 is 1.85 bits per heavy atom. The molecule has 34 heavy (non-hydrogen) atoms. The van der Waals surface area contributed by atoms with Crippen LogP contribution in [-0.4, -0.2) is 4.98 Å². The molecule has 8 rings (SSSR count). The van der Waals surface area contributed by atoms with Gasteiger partial charge in [0.15, 0.2) is 0 Å². The fourth-order valence-electron chi connectivity index (χ4n) is 6.62. The van der Waals surface area contributed by atoms with E-state index in [4.69, 9.17) is 0 Å². The number of hydrogen-bond donors (Lipinski definition) is 0. The van der Waals surface area contributed by atoms with E-state index in [1.165, 1.54) is 77.0 Å². The van der Waals surface area contributed by atoms with Crippen molar-refractivity contribution in [2.24, 2.45) is 0 Å². The Labute approximate surface area is 198 Å². The molecular formula is C33H23N. The number of rotatable bonds is 0. The molecular weight excluding hydrogens is 410 g/mol. The van der Waals surface area contributed by atoms with Crippen LogP contribution in [0, 0.1) is 0 Å². The van der Waals surface area contributed by atoms with Gasteiger partial charge in [-0.3, -0.25) is 4.98 Å². The van der Waals surface area contributed by atoms with Gasteiger partial charge in [-0.2, -0.15) is 0 Å². The highest BCUT2D eigenvalue weighted by molar-refractivity contribution is 6.26. The monoisotopic (exact) mass is 433 g/mol. The van der Waals surface area contributed by atoms with E-state index in [0.717, 1.165) is 6.42 Å². The second-order valence-corrected chi connectivity index (χ2v) is 10.4. The first-order chi connectivity index (χ1) is 16.6. The summed E-state index contributed by atoms with van der Waals surface area (Å²) in [6.07, 6.45) is 2.84. The van der Waals surface area contributed by atoms with Crippen molar-refractivity contribution in [3.8, 4) is 22.3 Å². The number of pyridine rings is 1. The SMILES string of the molecule is CC1(C)c2cc3c(cc2-c2cc4c5ccccc5c5ccccc5c4cc21)Cc1ncccc1-3. The second-order valence-electron chi connectivity index (χ2n) is 10.4. The van der Waals surface area contributed by atoms with Crippen LogP contribution in [0.25, 0.3) is 54.6 Å². The first-order valence-corrected chi connectivity index (χ1v) is 12.1. The number of hydrogen-bond acceptors (Lipinski definition) is 1. The number of benzene rings is 5. The van der Waals surface area contributed by atoms with Gasteiger partial charge in [-0.1, -0.05) is 68.4 Å². The molecule has 6 aromatic rings. The van der Waals surface area contributed by atoms with Crippen molar-refractivity contribution in [2.75, 3.05) is 0 Å². The second kappa shape index (κ2) is 6.12. The van der Waals surface area contributed by atoms with Gasteiger partial charge in [0.25, 0.3) is 0 Å². The topological polar surface area (TPSA) is 12.9 Å². The summed E-state index contributed by atoms with van der Waals surface area (Å²) in [5.74, 6) is 0. The van der Waals surface area contributed by atoms with Gasteiger partial charge in [0, 0.05) is 23.6 Å². The molecule has 0 spiro atoms. The van der Waals surface area contributed by atoms with E-state index in [2.05, 4.69) is 104 Å². The molecule has 0 unspecified atom stereocenters. The highest BCUT2D eigenvalue weighted by atomic mass is 14.7. The summed E-state index contributed by atoms with van der Waals surface area (Å²) in [7, 11) is 0. The summed E-state index contributed by atoms with van der Waals surface area (Å²) < 4.78 is 0. The minimum absolute atomic E-state index is 0.0500. The minimum atomic E-state index is -0.0500. The molecule has 0 amide bonds. The lowest BCUT2D eigenvalue weighted by molar-refractivity contribution is 0.661. The Balaban J connectivity index is 1.49. The molecule has 1 heteroatoms. The maximum absolute atomic E-state index is 4.66. The van der Waals surface area contributed by atoms with Crippen LogP contribution in [0.15, 0.2) is 91.1 Å². The fraction of sp³-hybridized carbons (Fsp3) is 0.121. The Bertz CT molecular complexity index is 1860. The Hall–Kier alpha value is -3.97. The molecule has 5 aromatic carbocycles. The minimum Gasteiger partial charge on any atom is -0.260 e. The summed E-state index contributed by atoms with van der Waals surface area (Å²) in [5, 5.41) is 8.05. The normalized spacial score (nSPS) is 14.9. The summed E-state index contributed by atoms with van der Waals surface area (Å²) in [5.41, 5.74) is 10.9. The molecule has 0 aliphatic heterocycles. The third-order valence-electron chi connectivity index (χ3n) is 8.30. The molecule has 0 saturated heterocycles. The summed E-state index contributed by atoms with van der Waals surface area (Å²) in [6.45, 7) is 4.77. The van der Waals surface area contributed by atoms with Crippen LogP contribution in [0.2, 0.25) is 0 Å². The van der Waals surface area contributed by atoms with Crippen LogP contribution < -0.4 is 0 Å². The van der Waals surface area contributed by atoms with Crippen molar-refractivity contribution in [1.82, 2.24) is 4.98 Å². The van der Waals surface area contributed by atoms with Gasteiger partial charge in [-0.15, -0.1) is 0 Å². The Kier molecular flexibility index (Phi) is 3.32. The molecule has 1 nitrogen and oxygen atoms in total. The van der Waals surface area contributed by atoms with Crippen LogP contribution >= 0.6 is 0 Å². The van der Waals surface area contributed by atoms with Gasteiger partial charge in [0.1, 0.15) is 0 Å². The Morgan fingerprint density at radius 1 is 0.559 bits per heavy atom. The molecule has 0 saturated carbocycles. The van der Waals surface area contributed by atoms with Gasteiger partial charge in [0.05, 0.1) is 5.69 Å². The zero-order valence-electron chi connectivity index (χ0n) is 19.3. The summed E-state index contributed by atoms with van der Waals surface area (Å²) in [4.78, 5) is 4.66. The van der Waals surface area contributed by atoms with E-state index in [1.807, 2.05) is 6.20 Å². The van der Waals surface area contributed by atoms with E-state index in [-0.39, 0.29) is 5.41 Å². The molecule has 2 aliphatic carbocycles. The molecule has 0 radical (unpaired) electrons. The largest absolute Gasteiger partial charge is 0.260 e. The van der Waals surface area contributed by atoms with Crippen molar-refractivity contribution < 1.29 is 0 Å². The highest BCUT2D eigenvalue weighted by Gasteiger charge is 2.38. The van der Waals surface area contributed by atoms with Gasteiger partial charge < -0.3 is 0 Å². The molecule has 1 heterocycles. The number of fused-ring (bicyclic) bond motifs is 12. The quantitative estimate of drug-likeness (QED) is 0.219. The van der Waals surface area contributed by atoms with Crippen molar-refractivity contribution in [3.05, 3.63) is 114 Å². The van der Waals surface area contributed by atoms with Crippen molar-refractivity contribution in [3.63, 3.8) is 0 Å². The van der Waals surface area contributed by atoms with Gasteiger partial charge in [-0.25, -0.2) is 0 Å². The third kappa shape index (κ3) is 2.18. The van der Waals surface area contributed by atoms with Crippen LogP contribution in [0.4, 0.5) is 0 Å². The lowest BCUT2D eigenvalue weighted by atomic mass is 9.80. The van der Waals surface area contributed by atoms with Gasteiger partial charge in [0.2, 0.25) is 0 Å². The average Bonchev–Trinajstić information content (AvgIpc) is 3.34. The summed E-state index contributed by atoms with van der Waals surface area (Å²) in [6, 6.07) is 31.9. The van der Waals surface area contributed by atoms with Crippen LogP contribution in [0.1, 0.15) is 36.2 Å². The lowest BCUT2D eigenvalue weighted by Crippen LogP contribution is -2.15. The molecule has 1 aromatic heterocycles. The predicted octanol–water partition coefficient (Wildman–Crippen LogP) is 8.42. The molecule has 0 N–H and O–H groups in total. The molecule has 0 atom stereocenters. The third-order valence-corrected chi connectivity index (χ3v) is 8.30. The lowest BCUT2D eigenvalue weighted by Gasteiger charge is -2.23. The van der Waals surface area contributed by atoms with E-state index in [0.29, 0.717) is 0 Å². The maximum atomic E-state index is 4.66. The molecule has 160 valence electrons. The van der Waals surface area contributed by atoms with Gasteiger partial charge in [-0.05, 0) is 96.0 Å². The molecule has 0 bridgehead atoms. The van der Waals surface area contributed by atoms with E-state index < -0.39 is 0 Å². The van der Waals surface area contributed by atoms with Crippen molar-refractivity contribution in [1.29, 1.82) is 0 Å². The number of aromatic nitrogens is 1. The first-order valence-electron chi connectivity index (χ1n) is 12.1. The number of nitrogens with zero attached hydrogens (tertiary/aromatic N) is 1. The molecule has 0 fully saturated rings. The van der Waals surface area contributed by atoms with Crippen LogP contribution in [-0.2, 0) is 11.8 Å². The highest BCUT2D eigenvalue weighted by Crippen LogP contribution is 2.53. The smallest absolute Gasteiger partial charge is 0.0525 e. The van der Waals surface area contributed by atoms with Gasteiger partial charge >= 0.3 is 0 Å². The maximum Gasteiger partial charge on any atom is 0.0525 e. The predicted molar refractivity (Wildman–Crippen MR) is 143 cm³/mol. The zero-order chi connectivity index (χ0) is 22.6. The summed E-state index contributed by atoms with van der Waals surface area (Å²) >= 11 is 0. The standard InChI is InChI=1S/C33H23N/c1-33(2)30-17-25-19(15-32-24(25)12-7-13-34-32)14-28(30)29-16-26-22-10-5-3-8-20(22)21-9-4-6-11-23(21)27(26)18-31(29)33/h3-14,16-18H,15H2,1-2H3. The van der Waals surface area contributed by atoms with E-state index in [9.17, 15) is 0 Å². The Morgan fingerprint density at radius 2 is 1.15 bits per heavy atom. The van der Waals surface area contributed by atoms with Crippen molar-refractivity contribution >= 4 is 32.3 Å². The van der Waals surface area contributed by atoms with Crippen molar-refractivity contribution in [2.45, 2.75) is 25.7 Å².